The molecule has 0 aromatic heterocycles. The third-order valence-corrected chi connectivity index (χ3v) is 9.20. The summed E-state index contributed by atoms with van der Waals surface area (Å²) in [5.74, 6) is 0.582. The van der Waals surface area contributed by atoms with E-state index >= 15 is 0 Å². The minimum atomic E-state index is -0.687. The van der Waals surface area contributed by atoms with E-state index in [1.807, 2.05) is 18.2 Å². The first kappa shape index (κ1) is 30.1. The van der Waals surface area contributed by atoms with Gasteiger partial charge in [-0.1, -0.05) is 62.7 Å². The molecule has 4 rings (SSSR count). The second-order valence-corrected chi connectivity index (χ2v) is 13.1. The molecule has 1 aliphatic heterocycles. The number of rotatable bonds is 11. The molecule has 1 aliphatic carbocycles. The Morgan fingerprint density at radius 2 is 1.85 bits per heavy atom. The zero-order valence-corrected chi connectivity index (χ0v) is 25.0. The number of hydrogen-bond donors (Lipinski definition) is 2. The number of esters is 1. The fraction of sp³-hybridized carbons (Fsp3) is 0.588. The molecule has 0 bridgehead atoms. The minimum Gasteiger partial charge on any atom is -0.508 e. The number of carbonyl (C=O) groups is 2. The second-order valence-electron chi connectivity index (χ2n) is 13.1. The molecular weight excluding hydrogens is 500 g/mol. The highest BCUT2D eigenvalue weighted by Gasteiger charge is 2.64. The quantitative estimate of drug-likeness (QED) is 0.208. The lowest BCUT2D eigenvalue weighted by Crippen LogP contribution is -2.73. The van der Waals surface area contributed by atoms with E-state index in [9.17, 15) is 14.7 Å². The SMILES string of the molecule is CC(=O)OC12CC[C@@H](NC(=O)CCCCCc3ccccc3)C[C@@]1(c1cccc(O)c1)CC[N@@+](C)(CC(C)C)C2. The molecule has 40 heavy (non-hydrogen) atoms. The van der Waals surface area contributed by atoms with Gasteiger partial charge in [0, 0.05) is 37.1 Å². The molecule has 4 atom stereocenters. The van der Waals surface area contributed by atoms with E-state index in [1.165, 1.54) is 12.5 Å². The van der Waals surface area contributed by atoms with E-state index in [4.69, 9.17) is 4.74 Å². The molecule has 1 saturated heterocycles. The summed E-state index contributed by atoms with van der Waals surface area (Å²) in [7, 11) is 2.28. The van der Waals surface area contributed by atoms with Gasteiger partial charge < -0.3 is 19.6 Å². The lowest BCUT2D eigenvalue weighted by molar-refractivity contribution is -0.925. The molecule has 2 aromatic carbocycles. The van der Waals surface area contributed by atoms with Gasteiger partial charge in [-0.3, -0.25) is 9.59 Å². The zero-order chi connectivity index (χ0) is 28.8. The average molecular weight is 550 g/mol. The molecule has 0 spiro atoms. The first-order valence-electron chi connectivity index (χ1n) is 15.2. The Morgan fingerprint density at radius 3 is 2.55 bits per heavy atom. The Kier molecular flexibility index (Phi) is 9.60. The van der Waals surface area contributed by atoms with Crippen LogP contribution in [0.4, 0.5) is 0 Å². The second kappa shape index (κ2) is 12.8. The molecule has 1 unspecified atom stereocenters. The number of phenols is 1. The number of carbonyl (C=O) groups excluding carboxylic acids is 2. The van der Waals surface area contributed by atoms with Crippen LogP contribution in [-0.4, -0.2) is 59.8 Å². The van der Waals surface area contributed by atoms with Crippen molar-refractivity contribution in [2.45, 2.75) is 95.6 Å². The maximum atomic E-state index is 13.0. The fourth-order valence-corrected chi connectivity index (χ4v) is 7.75. The summed E-state index contributed by atoms with van der Waals surface area (Å²) < 4.78 is 7.24. The molecule has 0 radical (unpaired) electrons. The number of aryl methyl sites for hydroxylation is 1. The maximum Gasteiger partial charge on any atom is 0.303 e. The van der Waals surface area contributed by atoms with Gasteiger partial charge >= 0.3 is 5.97 Å². The molecule has 2 aliphatic rings. The van der Waals surface area contributed by atoms with E-state index in [2.05, 4.69) is 56.5 Å². The van der Waals surface area contributed by atoms with Crippen molar-refractivity contribution < 1.29 is 23.9 Å². The maximum absolute atomic E-state index is 13.0. The number of ether oxygens (including phenoxy) is 1. The first-order valence-corrected chi connectivity index (χ1v) is 15.2. The summed E-state index contributed by atoms with van der Waals surface area (Å²) in [6.45, 7) is 8.71. The van der Waals surface area contributed by atoms with Crippen LogP contribution in [-0.2, 0) is 26.2 Å². The van der Waals surface area contributed by atoms with Crippen molar-refractivity contribution in [3.63, 3.8) is 0 Å². The van der Waals surface area contributed by atoms with Crippen LogP contribution in [0.1, 0.15) is 83.3 Å². The lowest BCUT2D eigenvalue weighted by Gasteiger charge is -2.61. The summed E-state index contributed by atoms with van der Waals surface area (Å²) in [6, 6.07) is 18.0. The highest BCUT2D eigenvalue weighted by molar-refractivity contribution is 5.76. The molecule has 218 valence electrons. The van der Waals surface area contributed by atoms with Crippen LogP contribution in [0, 0.1) is 5.92 Å². The number of likely N-dealkylation sites (N-methyl/N-ethyl adjacent to an activating group) is 1. The van der Waals surface area contributed by atoms with Crippen molar-refractivity contribution in [2.75, 3.05) is 26.7 Å². The number of hydrogen-bond acceptors (Lipinski definition) is 4. The van der Waals surface area contributed by atoms with E-state index in [-0.39, 0.29) is 23.7 Å². The van der Waals surface area contributed by atoms with Crippen molar-refractivity contribution in [1.82, 2.24) is 5.32 Å². The van der Waals surface area contributed by atoms with Gasteiger partial charge in [0.25, 0.3) is 0 Å². The number of aromatic hydroxyl groups is 1. The molecule has 1 saturated carbocycles. The largest absolute Gasteiger partial charge is 0.508 e. The average Bonchev–Trinajstić information content (AvgIpc) is 2.88. The first-order chi connectivity index (χ1) is 19.0. The van der Waals surface area contributed by atoms with Crippen LogP contribution in [0.25, 0.3) is 0 Å². The number of quaternary nitrogens is 1. The number of likely N-dealkylation sites (tertiary alicyclic amines) is 1. The van der Waals surface area contributed by atoms with Gasteiger partial charge in [-0.25, -0.2) is 0 Å². The summed E-state index contributed by atoms with van der Waals surface area (Å²) >= 11 is 0. The predicted molar refractivity (Wildman–Crippen MR) is 159 cm³/mol. The van der Waals surface area contributed by atoms with E-state index in [1.54, 1.807) is 6.07 Å². The third kappa shape index (κ3) is 7.06. The van der Waals surface area contributed by atoms with Gasteiger partial charge in [0.15, 0.2) is 5.60 Å². The number of amides is 1. The van der Waals surface area contributed by atoms with Crippen LogP contribution in [0.3, 0.4) is 0 Å². The number of unbranched alkanes of at least 4 members (excludes halogenated alkanes) is 2. The van der Waals surface area contributed by atoms with Crippen LogP contribution < -0.4 is 5.32 Å². The Morgan fingerprint density at radius 1 is 1.07 bits per heavy atom. The number of nitrogens with one attached hydrogen (secondary N) is 1. The standard InChI is InChI=1S/C34H48N2O4/c1-26(2)24-36(4)21-20-33(29-15-11-16-31(38)22-29)23-30(18-19-34(33,25-36)40-27(3)37)35-32(39)17-10-6-9-14-28-12-7-5-8-13-28/h5,7-8,11-13,15-16,22,26,30H,6,9-10,14,17-21,23-25H2,1-4H3,(H-,35,38,39)/p+1/t30-,33-,34?,36+/m1/s1. The lowest BCUT2D eigenvalue weighted by atomic mass is 9.54. The van der Waals surface area contributed by atoms with Crippen LogP contribution in [0.15, 0.2) is 54.6 Å². The van der Waals surface area contributed by atoms with Crippen molar-refractivity contribution in [1.29, 1.82) is 0 Å². The summed E-state index contributed by atoms with van der Waals surface area (Å²) in [4.78, 5) is 25.7. The van der Waals surface area contributed by atoms with Crippen LogP contribution in [0.2, 0.25) is 0 Å². The Bertz CT molecular complexity index is 1150. The Balaban J connectivity index is 1.48. The number of phenolic OH excluding ortho intramolecular Hbond substituents is 1. The number of nitrogens with zero attached hydrogens (tertiary/aromatic N) is 1. The van der Waals surface area contributed by atoms with E-state index in [0.29, 0.717) is 25.2 Å². The number of fused-ring (bicyclic) bond motifs is 1. The fourth-order valence-electron chi connectivity index (χ4n) is 7.75. The van der Waals surface area contributed by atoms with Gasteiger partial charge in [-0.05, 0) is 61.8 Å². The third-order valence-electron chi connectivity index (χ3n) is 9.20. The van der Waals surface area contributed by atoms with Crippen LogP contribution in [0.5, 0.6) is 5.75 Å². The molecule has 6 heteroatoms. The highest BCUT2D eigenvalue weighted by Crippen LogP contribution is 2.55. The smallest absolute Gasteiger partial charge is 0.303 e. The summed E-state index contributed by atoms with van der Waals surface area (Å²) in [6.07, 6.45) is 7.57. The van der Waals surface area contributed by atoms with Gasteiger partial charge in [-0.15, -0.1) is 0 Å². The Labute approximate surface area is 240 Å². The topological polar surface area (TPSA) is 75.6 Å². The molecule has 2 N–H and O–H groups in total. The van der Waals surface area contributed by atoms with Crippen molar-refractivity contribution >= 4 is 11.9 Å². The summed E-state index contributed by atoms with van der Waals surface area (Å²) in [5, 5.41) is 13.8. The molecule has 1 amide bonds. The van der Waals surface area contributed by atoms with Crippen molar-refractivity contribution in [3.05, 3.63) is 65.7 Å². The molecule has 2 aromatic rings. The van der Waals surface area contributed by atoms with E-state index < -0.39 is 11.0 Å². The van der Waals surface area contributed by atoms with Crippen molar-refractivity contribution in [3.8, 4) is 5.75 Å². The van der Waals surface area contributed by atoms with Gasteiger partial charge in [0.1, 0.15) is 12.3 Å². The van der Waals surface area contributed by atoms with Crippen LogP contribution >= 0.6 is 0 Å². The minimum absolute atomic E-state index is 0.00445. The van der Waals surface area contributed by atoms with Gasteiger partial charge in [0.2, 0.25) is 5.91 Å². The van der Waals surface area contributed by atoms with Gasteiger partial charge in [-0.2, -0.15) is 0 Å². The molecule has 1 heterocycles. The zero-order valence-electron chi connectivity index (χ0n) is 25.0. The summed E-state index contributed by atoms with van der Waals surface area (Å²) in [5.41, 5.74) is 1.19. The highest BCUT2D eigenvalue weighted by atomic mass is 16.6. The van der Waals surface area contributed by atoms with E-state index in [0.717, 1.165) is 68.2 Å². The monoisotopic (exact) mass is 549 g/mol. The normalized spacial score (nSPS) is 28.1. The number of benzene rings is 2. The molecular formula is C34H49N2O4+. The van der Waals surface area contributed by atoms with Gasteiger partial charge in [0.05, 0.1) is 20.1 Å². The molecule has 2 fully saturated rings. The molecule has 6 nitrogen and oxygen atoms in total. The number of piperidine rings is 1. The van der Waals surface area contributed by atoms with Crippen molar-refractivity contribution in [2.24, 2.45) is 5.92 Å². The predicted octanol–water partition coefficient (Wildman–Crippen LogP) is 5.91. The Hall–Kier alpha value is -2.86.